The molecule has 5 nitrogen and oxygen atoms in total. The van der Waals surface area contributed by atoms with Crippen molar-refractivity contribution in [2.75, 3.05) is 18.1 Å². The Morgan fingerprint density at radius 1 is 1.30 bits per heavy atom. The third-order valence-corrected chi connectivity index (χ3v) is 4.67. The summed E-state index contributed by atoms with van der Waals surface area (Å²) in [6.45, 7) is 0.324. The van der Waals surface area contributed by atoms with Gasteiger partial charge in [0, 0.05) is 29.0 Å². The first-order valence-electron chi connectivity index (χ1n) is 7.02. The lowest BCUT2D eigenvalue weighted by atomic mass is 10.1. The molecule has 23 heavy (non-hydrogen) atoms. The van der Waals surface area contributed by atoms with Crippen LogP contribution >= 0.6 is 23.4 Å². The number of aliphatic imine (C=N–C) groups is 1. The summed E-state index contributed by atoms with van der Waals surface area (Å²) in [4.78, 5) is 22.1. The van der Waals surface area contributed by atoms with E-state index < -0.39 is 6.04 Å². The number of fused-ring (bicyclic) bond motifs is 1. The van der Waals surface area contributed by atoms with Gasteiger partial charge in [-0.1, -0.05) is 17.7 Å². The van der Waals surface area contributed by atoms with Gasteiger partial charge in [-0.2, -0.15) is 0 Å². The van der Waals surface area contributed by atoms with Crippen molar-refractivity contribution in [3.63, 3.8) is 0 Å². The van der Waals surface area contributed by atoms with Gasteiger partial charge in [0.2, 0.25) is 0 Å². The molecule has 1 aromatic carbocycles. The van der Waals surface area contributed by atoms with Gasteiger partial charge >= 0.3 is 0 Å². The van der Waals surface area contributed by atoms with Crippen molar-refractivity contribution in [3.8, 4) is 0 Å². The highest BCUT2D eigenvalue weighted by molar-refractivity contribution is 8.14. The Morgan fingerprint density at radius 3 is 2.78 bits per heavy atom. The normalized spacial score (nSPS) is 16.4. The van der Waals surface area contributed by atoms with Crippen molar-refractivity contribution in [1.29, 1.82) is 0 Å². The highest BCUT2D eigenvalue weighted by atomic mass is 35.5. The summed E-state index contributed by atoms with van der Waals surface area (Å²) in [5, 5.41) is 11.4. The summed E-state index contributed by atoms with van der Waals surface area (Å²) in [7, 11) is 0. The maximum absolute atomic E-state index is 11.4. The van der Waals surface area contributed by atoms with Crippen molar-refractivity contribution in [1.82, 2.24) is 4.98 Å². The molecule has 1 aromatic heterocycles. The number of halogens is 1. The fraction of sp³-hybridized carbons (Fsp3) is 0.188. The molecule has 1 aliphatic rings. The van der Waals surface area contributed by atoms with E-state index in [1.807, 2.05) is 23.1 Å². The number of aromatic nitrogens is 1. The lowest BCUT2D eigenvalue weighted by Gasteiger charge is -2.28. The minimum atomic E-state index is -0.580. The summed E-state index contributed by atoms with van der Waals surface area (Å²) < 4.78 is 0. The van der Waals surface area contributed by atoms with Crippen LogP contribution in [0.25, 0.3) is 0 Å². The van der Waals surface area contributed by atoms with Crippen molar-refractivity contribution < 1.29 is 9.90 Å². The standard InChI is InChI=1S/C16H14ClN3O2S/c17-11-3-5-12(6-4-11)20(8-9-21)16-19-14(10-22)13-2-1-7-18-15(13)23-16/h1-7,10,14,21H,8-9H2. The van der Waals surface area contributed by atoms with Gasteiger partial charge in [-0.05, 0) is 42.1 Å². The number of aliphatic hydroxyl groups is 1. The maximum Gasteiger partial charge on any atom is 0.171 e. The van der Waals surface area contributed by atoms with E-state index in [0.717, 1.165) is 22.6 Å². The number of carbonyl (C=O) groups is 1. The summed E-state index contributed by atoms with van der Waals surface area (Å²) in [5.41, 5.74) is 1.65. The molecule has 118 valence electrons. The van der Waals surface area contributed by atoms with Crippen LogP contribution in [0.5, 0.6) is 0 Å². The average Bonchev–Trinajstić information content (AvgIpc) is 2.59. The Morgan fingerprint density at radius 2 is 2.09 bits per heavy atom. The van der Waals surface area contributed by atoms with E-state index in [-0.39, 0.29) is 6.61 Å². The third-order valence-electron chi connectivity index (χ3n) is 3.38. The number of aldehydes is 1. The molecule has 0 bridgehead atoms. The molecule has 2 aromatic rings. The second-order valence-electron chi connectivity index (χ2n) is 4.84. The first-order chi connectivity index (χ1) is 11.2. The van der Waals surface area contributed by atoms with Gasteiger partial charge in [-0.3, -0.25) is 0 Å². The SMILES string of the molecule is O=CC1N=C(N(CCO)c2ccc(Cl)cc2)Sc2ncccc21. The van der Waals surface area contributed by atoms with E-state index in [9.17, 15) is 9.90 Å². The molecule has 1 unspecified atom stereocenters. The van der Waals surface area contributed by atoms with Gasteiger partial charge in [0.25, 0.3) is 0 Å². The fourth-order valence-corrected chi connectivity index (χ4v) is 3.49. The average molecular weight is 348 g/mol. The lowest BCUT2D eigenvalue weighted by molar-refractivity contribution is -0.109. The number of carbonyl (C=O) groups excluding carboxylic acids is 1. The Kier molecular flexibility index (Phi) is 4.95. The minimum absolute atomic E-state index is 0.0387. The summed E-state index contributed by atoms with van der Waals surface area (Å²) >= 11 is 7.32. The lowest BCUT2D eigenvalue weighted by Crippen LogP contribution is -2.33. The molecule has 7 heteroatoms. The number of hydrogen-bond donors (Lipinski definition) is 1. The van der Waals surface area contributed by atoms with Crippen molar-refractivity contribution in [2.24, 2.45) is 4.99 Å². The molecule has 1 N–H and O–H groups in total. The predicted molar refractivity (Wildman–Crippen MR) is 92.2 cm³/mol. The van der Waals surface area contributed by atoms with E-state index in [1.165, 1.54) is 11.8 Å². The molecule has 0 fully saturated rings. The third kappa shape index (κ3) is 3.39. The summed E-state index contributed by atoms with van der Waals surface area (Å²) in [6.07, 6.45) is 2.49. The number of anilines is 1. The van der Waals surface area contributed by atoms with Gasteiger partial charge in [0.1, 0.15) is 17.4 Å². The topological polar surface area (TPSA) is 65.8 Å². The van der Waals surface area contributed by atoms with E-state index in [1.54, 1.807) is 24.4 Å². The summed E-state index contributed by atoms with van der Waals surface area (Å²) in [6, 6.07) is 10.3. The molecular formula is C16H14ClN3O2S. The number of rotatable bonds is 4. The molecule has 0 amide bonds. The van der Waals surface area contributed by atoms with Crippen LogP contribution in [-0.2, 0) is 4.79 Å². The number of benzene rings is 1. The molecule has 0 saturated heterocycles. The van der Waals surface area contributed by atoms with E-state index >= 15 is 0 Å². The van der Waals surface area contributed by atoms with Crippen molar-refractivity contribution in [2.45, 2.75) is 11.1 Å². The van der Waals surface area contributed by atoms with Crippen LogP contribution in [-0.4, -0.2) is 34.7 Å². The van der Waals surface area contributed by atoms with Crippen molar-refractivity contribution in [3.05, 3.63) is 53.2 Å². The van der Waals surface area contributed by atoms with Crippen LogP contribution in [0.15, 0.2) is 52.6 Å². The fourth-order valence-electron chi connectivity index (χ4n) is 2.30. The van der Waals surface area contributed by atoms with Gasteiger partial charge in [-0.25, -0.2) is 9.98 Å². The quantitative estimate of drug-likeness (QED) is 0.861. The Bertz CT molecular complexity index is 736. The van der Waals surface area contributed by atoms with Crippen LogP contribution < -0.4 is 4.90 Å². The number of thioether (sulfide) groups is 1. The van der Waals surface area contributed by atoms with Gasteiger partial charge in [0.05, 0.1) is 6.61 Å². The van der Waals surface area contributed by atoms with Crippen molar-refractivity contribution >= 4 is 40.5 Å². The smallest absolute Gasteiger partial charge is 0.171 e. The Balaban J connectivity index is 1.98. The molecule has 2 heterocycles. The predicted octanol–water partition coefficient (Wildman–Crippen LogP) is 2.94. The van der Waals surface area contributed by atoms with Gasteiger partial charge in [-0.15, -0.1) is 0 Å². The largest absolute Gasteiger partial charge is 0.395 e. The minimum Gasteiger partial charge on any atom is -0.395 e. The van der Waals surface area contributed by atoms with Gasteiger partial charge < -0.3 is 14.8 Å². The molecule has 0 saturated carbocycles. The molecule has 3 rings (SSSR count). The molecule has 0 aliphatic carbocycles. The first kappa shape index (κ1) is 16.0. The Hall–Kier alpha value is -1.89. The van der Waals surface area contributed by atoms with Crippen LogP contribution in [0.3, 0.4) is 0 Å². The zero-order chi connectivity index (χ0) is 16.2. The van der Waals surface area contributed by atoms with Crippen LogP contribution in [0.1, 0.15) is 11.6 Å². The number of pyridine rings is 1. The van der Waals surface area contributed by atoms with Crippen LogP contribution in [0.4, 0.5) is 5.69 Å². The second kappa shape index (κ2) is 7.12. The number of nitrogens with zero attached hydrogens (tertiary/aromatic N) is 3. The number of hydrogen-bond acceptors (Lipinski definition) is 6. The van der Waals surface area contributed by atoms with E-state index in [2.05, 4.69) is 9.98 Å². The highest BCUT2D eigenvalue weighted by Gasteiger charge is 2.26. The Labute approximate surface area is 143 Å². The van der Waals surface area contributed by atoms with E-state index in [4.69, 9.17) is 11.6 Å². The monoisotopic (exact) mass is 347 g/mol. The highest BCUT2D eigenvalue weighted by Crippen LogP contribution is 2.36. The molecular weight excluding hydrogens is 334 g/mol. The molecule has 1 aliphatic heterocycles. The molecule has 1 atom stereocenters. The summed E-state index contributed by atoms with van der Waals surface area (Å²) in [5.74, 6) is 0. The van der Waals surface area contributed by atoms with Crippen LogP contribution in [0, 0.1) is 0 Å². The van der Waals surface area contributed by atoms with Crippen LogP contribution in [0.2, 0.25) is 5.02 Å². The number of aliphatic hydroxyl groups excluding tert-OH is 1. The zero-order valence-electron chi connectivity index (χ0n) is 12.1. The zero-order valence-corrected chi connectivity index (χ0v) is 13.7. The van der Waals surface area contributed by atoms with E-state index in [0.29, 0.717) is 16.7 Å². The molecule has 0 spiro atoms. The first-order valence-corrected chi connectivity index (χ1v) is 8.22. The molecule has 0 radical (unpaired) electrons. The second-order valence-corrected chi connectivity index (χ2v) is 6.24. The number of amidine groups is 1. The maximum atomic E-state index is 11.4. The van der Waals surface area contributed by atoms with Gasteiger partial charge in [0.15, 0.2) is 5.17 Å².